The summed E-state index contributed by atoms with van der Waals surface area (Å²) in [5.41, 5.74) is 0. The van der Waals surface area contributed by atoms with Crippen LogP contribution < -0.4 is 4.57 Å². The smallest absolute Gasteiger partial charge is 0.381 e. The van der Waals surface area contributed by atoms with E-state index in [1.54, 1.807) is 22.0 Å². The van der Waals surface area contributed by atoms with E-state index in [1.807, 2.05) is 24.9 Å². The van der Waals surface area contributed by atoms with Gasteiger partial charge < -0.3 is 9.64 Å². The molecule has 1 amide bonds. The molecular formula is C12H20N3O2+. The highest BCUT2D eigenvalue weighted by Crippen LogP contribution is 2.14. The second-order valence-electron chi connectivity index (χ2n) is 4.73. The van der Waals surface area contributed by atoms with Crippen molar-refractivity contribution in [1.29, 1.82) is 0 Å². The molecule has 1 atom stereocenters. The summed E-state index contributed by atoms with van der Waals surface area (Å²) >= 11 is 0. The summed E-state index contributed by atoms with van der Waals surface area (Å²) in [5, 5.41) is 0. The van der Waals surface area contributed by atoms with Crippen molar-refractivity contribution in [1.82, 2.24) is 9.47 Å². The summed E-state index contributed by atoms with van der Waals surface area (Å²) in [4.78, 5) is 13.8. The molecule has 2 rings (SSSR count). The largest absolute Gasteiger partial charge is 0.415 e. The van der Waals surface area contributed by atoms with Crippen LogP contribution in [0.2, 0.25) is 0 Å². The van der Waals surface area contributed by atoms with Gasteiger partial charge in [0, 0.05) is 26.1 Å². The maximum absolute atomic E-state index is 12.1. The van der Waals surface area contributed by atoms with Gasteiger partial charge in [0.2, 0.25) is 0 Å². The summed E-state index contributed by atoms with van der Waals surface area (Å²) in [6, 6.07) is 0.0103. The van der Waals surface area contributed by atoms with E-state index in [2.05, 4.69) is 0 Å². The zero-order chi connectivity index (χ0) is 12.3. The standard InChI is InChI=1S/C12H20N3O2/c1-13-5-6-15(10-13)12(16)14(2)8-11-4-3-7-17-9-11/h5-6,10-11H,3-4,7-9H2,1-2H3/q+1. The van der Waals surface area contributed by atoms with E-state index in [0.717, 1.165) is 32.6 Å². The second kappa shape index (κ2) is 5.31. The number of aryl methyl sites for hydroxylation is 1. The lowest BCUT2D eigenvalue weighted by Crippen LogP contribution is -2.37. The molecule has 5 heteroatoms. The van der Waals surface area contributed by atoms with E-state index >= 15 is 0 Å². The Bertz CT molecular complexity index is 383. The third-order valence-corrected chi connectivity index (χ3v) is 3.10. The van der Waals surface area contributed by atoms with Gasteiger partial charge in [-0.25, -0.2) is 9.36 Å². The van der Waals surface area contributed by atoms with Crippen LogP contribution in [0, 0.1) is 5.92 Å². The van der Waals surface area contributed by atoms with E-state index in [0.29, 0.717) is 5.92 Å². The molecular weight excluding hydrogens is 218 g/mol. The molecule has 1 aromatic heterocycles. The van der Waals surface area contributed by atoms with E-state index in [4.69, 9.17) is 4.74 Å². The van der Waals surface area contributed by atoms with Crippen LogP contribution in [-0.4, -0.2) is 42.3 Å². The number of ether oxygens (including phenoxy) is 1. The number of aromatic nitrogens is 2. The average molecular weight is 238 g/mol. The van der Waals surface area contributed by atoms with Gasteiger partial charge in [0.15, 0.2) is 0 Å². The molecule has 1 aromatic rings. The molecule has 1 unspecified atom stereocenters. The van der Waals surface area contributed by atoms with Crippen molar-refractivity contribution in [3.8, 4) is 0 Å². The van der Waals surface area contributed by atoms with Crippen LogP contribution in [0.1, 0.15) is 12.8 Å². The van der Waals surface area contributed by atoms with E-state index < -0.39 is 0 Å². The summed E-state index contributed by atoms with van der Waals surface area (Å²) in [5.74, 6) is 0.474. The van der Waals surface area contributed by atoms with Gasteiger partial charge in [-0.1, -0.05) is 0 Å². The minimum Gasteiger partial charge on any atom is -0.381 e. The number of nitrogens with zero attached hydrogens (tertiary/aromatic N) is 3. The van der Waals surface area contributed by atoms with E-state index in [-0.39, 0.29) is 6.03 Å². The monoisotopic (exact) mass is 238 g/mol. The zero-order valence-corrected chi connectivity index (χ0v) is 10.5. The van der Waals surface area contributed by atoms with Crippen molar-refractivity contribution in [2.45, 2.75) is 12.8 Å². The fraction of sp³-hybridized carbons (Fsp3) is 0.667. The van der Waals surface area contributed by atoms with Crippen LogP contribution >= 0.6 is 0 Å². The lowest BCUT2D eigenvalue weighted by atomic mass is 10.0. The molecule has 0 saturated carbocycles. The molecule has 94 valence electrons. The van der Waals surface area contributed by atoms with Crippen LogP contribution in [0.5, 0.6) is 0 Å². The van der Waals surface area contributed by atoms with Crippen LogP contribution in [0.15, 0.2) is 18.7 Å². The number of hydrogen-bond donors (Lipinski definition) is 0. The molecule has 17 heavy (non-hydrogen) atoms. The third kappa shape index (κ3) is 3.06. The highest BCUT2D eigenvalue weighted by Gasteiger charge is 2.22. The minimum atomic E-state index is 0.0103. The van der Waals surface area contributed by atoms with Crippen molar-refractivity contribution in [2.75, 3.05) is 26.8 Å². The predicted molar refractivity (Wildman–Crippen MR) is 62.6 cm³/mol. The van der Waals surface area contributed by atoms with Gasteiger partial charge in [-0.3, -0.25) is 0 Å². The summed E-state index contributed by atoms with van der Waals surface area (Å²) < 4.78 is 8.88. The Morgan fingerprint density at radius 2 is 2.47 bits per heavy atom. The third-order valence-electron chi connectivity index (χ3n) is 3.10. The van der Waals surface area contributed by atoms with Gasteiger partial charge in [-0.2, -0.15) is 4.57 Å². The molecule has 1 aliphatic heterocycles. The number of carbonyl (C=O) groups is 1. The molecule has 1 aliphatic rings. The molecule has 1 fully saturated rings. The molecule has 0 spiro atoms. The Morgan fingerprint density at radius 3 is 3.06 bits per heavy atom. The Balaban J connectivity index is 1.90. The molecule has 0 N–H and O–H groups in total. The first-order valence-electron chi connectivity index (χ1n) is 6.03. The molecule has 0 radical (unpaired) electrons. The zero-order valence-electron chi connectivity index (χ0n) is 10.5. The fourth-order valence-electron chi connectivity index (χ4n) is 2.18. The lowest BCUT2D eigenvalue weighted by molar-refractivity contribution is -0.670. The molecule has 1 saturated heterocycles. The molecule has 0 aliphatic carbocycles. The van der Waals surface area contributed by atoms with Crippen LogP contribution in [0.3, 0.4) is 0 Å². The molecule has 0 aromatic carbocycles. The SMILES string of the molecule is CN(CC1CCCOC1)C(=O)n1cc[n+](C)c1. The Labute approximate surface area is 102 Å². The number of imidazole rings is 1. The van der Waals surface area contributed by atoms with Gasteiger partial charge in [0.25, 0.3) is 6.33 Å². The number of carbonyl (C=O) groups excluding carboxylic acids is 1. The van der Waals surface area contributed by atoms with Crippen LogP contribution in [-0.2, 0) is 11.8 Å². The Hall–Kier alpha value is -1.36. The normalized spacial score (nSPS) is 20.2. The summed E-state index contributed by atoms with van der Waals surface area (Å²) in [6.07, 6.45) is 7.66. The number of rotatable bonds is 2. The average Bonchev–Trinajstić information content (AvgIpc) is 2.76. The molecule has 5 nitrogen and oxygen atoms in total. The number of hydrogen-bond acceptors (Lipinski definition) is 2. The fourth-order valence-corrected chi connectivity index (χ4v) is 2.18. The summed E-state index contributed by atoms with van der Waals surface area (Å²) in [7, 11) is 3.75. The van der Waals surface area contributed by atoms with Gasteiger partial charge in [-0.05, 0) is 12.8 Å². The van der Waals surface area contributed by atoms with Gasteiger partial charge in [-0.15, -0.1) is 0 Å². The van der Waals surface area contributed by atoms with E-state index in [9.17, 15) is 4.79 Å². The minimum absolute atomic E-state index is 0.0103. The Kier molecular flexibility index (Phi) is 3.78. The van der Waals surface area contributed by atoms with Crippen molar-refractivity contribution in [3.63, 3.8) is 0 Å². The van der Waals surface area contributed by atoms with Crippen molar-refractivity contribution < 1.29 is 14.1 Å². The quantitative estimate of drug-likeness (QED) is 0.709. The van der Waals surface area contributed by atoms with Crippen molar-refractivity contribution in [2.24, 2.45) is 13.0 Å². The van der Waals surface area contributed by atoms with Gasteiger partial charge >= 0.3 is 6.03 Å². The molecule has 0 bridgehead atoms. The van der Waals surface area contributed by atoms with Crippen molar-refractivity contribution >= 4 is 6.03 Å². The van der Waals surface area contributed by atoms with Crippen LogP contribution in [0.25, 0.3) is 0 Å². The lowest BCUT2D eigenvalue weighted by Gasteiger charge is -2.25. The van der Waals surface area contributed by atoms with Gasteiger partial charge in [0.05, 0.1) is 13.7 Å². The van der Waals surface area contributed by atoms with Crippen molar-refractivity contribution in [3.05, 3.63) is 18.7 Å². The van der Waals surface area contributed by atoms with Crippen LogP contribution in [0.4, 0.5) is 4.79 Å². The second-order valence-corrected chi connectivity index (χ2v) is 4.73. The first kappa shape index (κ1) is 12.1. The first-order chi connectivity index (χ1) is 8.16. The maximum atomic E-state index is 12.1. The van der Waals surface area contributed by atoms with Gasteiger partial charge in [0.1, 0.15) is 12.4 Å². The first-order valence-corrected chi connectivity index (χ1v) is 6.03. The predicted octanol–water partition coefficient (Wildman–Crippen LogP) is 0.639. The van der Waals surface area contributed by atoms with E-state index in [1.165, 1.54) is 0 Å². The molecule has 2 heterocycles. The highest BCUT2D eigenvalue weighted by atomic mass is 16.5. The highest BCUT2D eigenvalue weighted by molar-refractivity contribution is 5.76. The number of amides is 1. The Morgan fingerprint density at radius 1 is 1.65 bits per heavy atom. The topological polar surface area (TPSA) is 38.4 Å². The maximum Gasteiger partial charge on any atom is 0.415 e. The summed E-state index contributed by atoms with van der Waals surface area (Å²) in [6.45, 7) is 2.40.